The maximum atomic E-state index is 15.2. The first-order valence-electron chi connectivity index (χ1n) is 42.6. The summed E-state index contributed by atoms with van der Waals surface area (Å²) in [5, 5.41) is 30.6. The molecule has 27 nitrogen and oxygen atoms in total. The van der Waals surface area contributed by atoms with Crippen LogP contribution < -0.4 is 48.6 Å². The van der Waals surface area contributed by atoms with Crippen LogP contribution in [-0.4, -0.2) is 153 Å². The molecule has 3 aromatic carbocycles. The third-order valence-corrected chi connectivity index (χ3v) is 25.0. The van der Waals surface area contributed by atoms with Crippen molar-refractivity contribution in [1.29, 1.82) is 15.8 Å². The van der Waals surface area contributed by atoms with Gasteiger partial charge in [0.15, 0.2) is 69.8 Å². The smallest absolute Gasteiger partial charge is 0.276 e. The summed E-state index contributed by atoms with van der Waals surface area (Å²) in [6.45, 7) is 34.2. The minimum absolute atomic E-state index is 0.148. The maximum absolute atomic E-state index is 15.2. The maximum Gasteiger partial charge on any atom is 0.276 e. The second-order valence-corrected chi connectivity index (χ2v) is 35.0. The number of hydrogen-bond donors (Lipinski definition) is 3. The van der Waals surface area contributed by atoms with E-state index >= 15 is 13.2 Å². The summed E-state index contributed by atoms with van der Waals surface area (Å²) in [6.07, 6.45) is 8.27. The van der Waals surface area contributed by atoms with Gasteiger partial charge >= 0.3 is 0 Å². The molecule has 0 radical (unpaired) electrons. The lowest BCUT2D eigenvalue weighted by Crippen LogP contribution is -2.54. The Morgan fingerprint density at radius 1 is 0.391 bits per heavy atom. The number of benzene rings is 3. The highest BCUT2D eigenvalue weighted by molar-refractivity contribution is 6.35. The van der Waals surface area contributed by atoms with Gasteiger partial charge in [0.2, 0.25) is 17.7 Å². The van der Waals surface area contributed by atoms with Crippen molar-refractivity contribution in [3.8, 4) is 69.0 Å². The van der Waals surface area contributed by atoms with E-state index in [9.17, 15) is 84.1 Å². The van der Waals surface area contributed by atoms with E-state index in [1.54, 1.807) is 108 Å². The molecule has 3 atom stereocenters. The Morgan fingerprint density at radius 2 is 0.616 bits per heavy atom. The van der Waals surface area contributed by atoms with E-state index in [4.69, 9.17) is 52.0 Å². The molecule has 15 rings (SSSR count). The van der Waals surface area contributed by atoms with Crippen LogP contribution in [0.25, 0.3) is 83.9 Å². The molecule has 714 valence electrons. The summed E-state index contributed by atoms with van der Waals surface area (Å²) >= 11 is 19.8. The molecule has 12 heterocycles. The van der Waals surface area contributed by atoms with Crippen LogP contribution in [-0.2, 0) is 14.4 Å². The summed E-state index contributed by atoms with van der Waals surface area (Å²) in [5.41, 5.74) is 10.2. The fourth-order valence-electron chi connectivity index (χ4n) is 17.6. The molecule has 0 spiro atoms. The zero-order valence-corrected chi connectivity index (χ0v) is 78.0. The molecule has 42 heteroatoms. The number of amides is 3. The number of piperazine rings is 3. The van der Waals surface area contributed by atoms with E-state index in [-0.39, 0.29) is 211 Å². The largest absolute Gasteiger partial charge is 0.396 e. The first kappa shape index (κ1) is 101. The highest BCUT2D eigenvalue weighted by Crippen LogP contribution is 2.47. The van der Waals surface area contributed by atoms with Crippen LogP contribution in [0.1, 0.15) is 131 Å². The Balaban J connectivity index is 0.000000175. The van der Waals surface area contributed by atoms with Gasteiger partial charge in [0.05, 0.1) is 117 Å². The summed E-state index contributed by atoms with van der Waals surface area (Å²) in [6, 6.07) is 13.8. The van der Waals surface area contributed by atoms with Gasteiger partial charge in [-0.1, -0.05) is 96.1 Å². The number of rotatable bonds is 15. The molecule has 3 amide bonds. The minimum Gasteiger partial charge on any atom is -0.396 e. The standard InChI is InChI=1S/3C32H28ClF4N7O2/c3*1-6-20(45)43-10-9-42(13-16(43)5)30-17-11-19(33)28(21-22(34)23(35)24(36)25(37)26(21)39)41-31(17)44(32(46)18(30)12-38)29-15(4)7-8-40-27(29)14(2)3/h3*6-8,11,14,16H,1,9-10,13,39H2,2-5H3/t3*16-/m111/s1. The molecule has 0 aliphatic carbocycles. The predicted octanol–water partition coefficient (Wildman–Crippen LogP) is 17.3. The molecular weight excluding hydrogens is 1880 g/mol. The van der Waals surface area contributed by atoms with E-state index in [0.717, 1.165) is 13.7 Å². The van der Waals surface area contributed by atoms with Crippen LogP contribution in [0.3, 0.4) is 0 Å². The normalized spacial score (nSPS) is 15.0. The fraction of sp³-hybridized carbons (Fsp3) is 0.281. The minimum atomic E-state index is -2.12. The number of nitrogen functional groups attached to an aromatic ring is 3. The number of aromatic nitrogens is 9. The quantitative estimate of drug-likeness (QED) is 0.0282. The van der Waals surface area contributed by atoms with E-state index in [2.05, 4.69) is 49.6 Å². The monoisotopic (exact) mass is 1960 g/mol. The summed E-state index contributed by atoms with van der Waals surface area (Å²) in [7, 11) is 0. The van der Waals surface area contributed by atoms with Crippen molar-refractivity contribution in [3.63, 3.8) is 0 Å². The third-order valence-electron chi connectivity index (χ3n) is 24.2. The molecule has 9 aromatic heterocycles. The topological polar surface area (TPSA) is 363 Å². The van der Waals surface area contributed by atoms with E-state index in [0.29, 0.717) is 33.8 Å². The SMILES string of the molecule is C=CC(=O)N1CCN(c2c(C#N)c(=O)n(-c3c(C)ccnc3C(C)C)c3nc(-c4c(N)c(F)c(F)c(F)c4F)c(Cl)cc23)C[C@H]1C.C=CC(=O)N1CCN(c2c(C#N)c(=O)n(-c3c(C)ccnc3C(C)C)c3nc(-c4c(N)c(F)c(F)c(F)c4F)c(Cl)cc23)C[C@H]1C.C=CC(=O)N1CCN(c2c(C#N)c(=O)n(-c3c(C)ccnc3C(C)C)c3nc(-c4c(N)c(F)c(F)c(F)c4F)c(Cl)cc23)C[C@H]1C. The molecule has 3 fully saturated rings. The number of anilines is 6. The number of pyridine rings is 9. The number of nitrogens with zero attached hydrogens (tertiary/aromatic N) is 18. The number of nitriles is 3. The number of carbonyl (C=O) groups is 3. The van der Waals surface area contributed by atoms with Gasteiger partial charge in [0.25, 0.3) is 16.7 Å². The van der Waals surface area contributed by atoms with E-state index in [1.807, 2.05) is 59.8 Å². The van der Waals surface area contributed by atoms with Gasteiger partial charge in [0, 0.05) is 112 Å². The van der Waals surface area contributed by atoms with E-state index < -0.39 is 137 Å². The second kappa shape index (κ2) is 39.4. The molecule has 3 aliphatic rings. The summed E-state index contributed by atoms with van der Waals surface area (Å²) < 4.78 is 178. The molecule has 0 bridgehead atoms. The van der Waals surface area contributed by atoms with Crippen molar-refractivity contribution >= 4 is 120 Å². The first-order valence-corrected chi connectivity index (χ1v) is 43.7. The zero-order valence-electron chi connectivity index (χ0n) is 75.8. The van der Waals surface area contributed by atoms with Crippen LogP contribution in [0.4, 0.5) is 86.8 Å². The average molecular weight is 1960 g/mol. The molecular formula is C96H84Cl3F12N21O6. The van der Waals surface area contributed by atoms with Crippen LogP contribution in [0.2, 0.25) is 15.1 Å². The van der Waals surface area contributed by atoms with Gasteiger partial charge in [-0.25, -0.2) is 67.6 Å². The van der Waals surface area contributed by atoms with Gasteiger partial charge in [-0.15, -0.1) is 0 Å². The van der Waals surface area contributed by atoms with Gasteiger partial charge < -0.3 is 46.6 Å². The summed E-state index contributed by atoms with van der Waals surface area (Å²) in [4.78, 5) is 117. The lowest BCUT2D eigenvalue weighted by molar-refractivity contribution is -0.129. The number of hydrogen-bond acceptors (Lipinski definition) is 21. The Hall–Kier alpha value is -14.9. The number of fused-ring (bicyclic) bond motifs is 3. The lowest BCUT2D eigenvalue weighted by Gasteiger charge is -2.41. The Morgan fingerprint density at radius 3 is 0.819 bits per heavy atom. The van der Waals surface area contributed by atoms with Crippen LogP contribution >= 0.6 is 34.8 Å². The molecule has 6 N–H and O–H groups in total. The predicted molar refractivity (Wildman–Crippen MR) is 501 cm³/mol. The molecule has 3 saturated heterocycles. The molecule has 12 aromatic rings. The summed E-state index contributed by atoms with van der Waals surface area (Å²) in [5.74, 6) is -25.2. The van der Waals surface area contributed by atoms with Crippen molar-refractivity contribution < 1.29 is 67.1 Å². The van der Waals surface area contributed by atoms with Gasteiger partial charge in [0.1, 0.15) is 51.8 Å². The van der Waals surface area contributed by atoms with Gasteiger partial charge in [-0.2, -0.15) is 15.8 Å². The third kappa shape index (κ3) is 17.3. The van der Waals surface area contributed by atoms with Crippen molar-refractivity contribution in [2.45, 2.75) is 119 Å². The number of halogens is 15. The molecule has 0 unspecified atom stereocenters. The van der Waals surface area contributed by atoms with Crippen molar-refractivity contribution in [2.75, 3.05) is 90.8 Å². The highest BCUT2D eigenvalue weighted by atomic mass is 35.5. The van der Waals surface area contributed by atoms with Crippen LogP contribution in [0.5, 0.6) is 0 Å². The molecule has 0 saturated carbocycles. The average Bonchev–Trinajstić information content (AvgIpc) is 0.726. The molecule has 3 aliphatic heterocycles. The van der Waals surface area contributed by atoms with Crippen LogP contribution in [0.15, 0.2) is 107 Å². The van der Waals surface area contributed by atoms with Crippen molar-refractivity contribution in [2.24, 2.45) is 0 Å². The van der Waals surface area contributed by atoms with Crippen LogP contribution in [0, 0.1) is 125 Å². The fourth-order valence-corrected chi connectivity index (χ4v) is 18.3. The highest BCUT2D eigenvalue weighted by Gasteiger charge is 2.40. The number of aryl methyl sites for hydroxylation is 3. The Bertz CT molecular complexity index is 6780. The van der Waals surface area contributed by atoms with E-state index in [1.165, 1.54) is 36.4 Å². The molecule has 138 heavy (non-hydrogen) atoms. The van der Waals surface area contributed by atoms with Crippen molar-refractivity contribution in [1.82, 2.24) is 58.3 Å². The van der Waals surface area contributed by atoms with Gasteiger partial charge in [-0.3, -0.25) is 57.4 Å². The zero-order chi connectivity index (χ0) is 101. The Kier molecular flexibility index (Phi) is 28.7. The number of nitrogens with two attached hydrogens (primary N) is 3. The number of carbonyl (C=O) groups excluding carboxylic acids is 3. The van der Waals surface area contributed by atoms with Crippen molar-refractivity contribution in [3.05, 3.63) is 259 Å². The van der Waals surface area contributed by atoms with Gasteiger partial charge in [-0.05, 0) is 131 Å². The second-order valence-electron chi connectivity index (χ2n) is 33.8. The Labute approximate surface area is 794 Å². The first-order chi connectivity index (χ1) is 65.2. The lowest BCUT2D eigenvalue weighted by atomic mass is 10.0.